The molecule has 0 aliphatic rings. The minimum absolute atomic E-state index is 0.139. The number of pyridine rings is 1. The summed E-state index contributed by atoms with van der Waals surface area (Å²) in [5.41, 5.74) is 2.74. The van der Waals surface area contributed by atoms with E-state index in [1.54, 1.807) is 13.3 Å². The predicted molar refractivity (Wildman–Crippen MR) is 74.0 cm³/mol. The Hall–Kier alpha value is -2.54. The second kappa shape index (κ2) is 5.87. The van der Waals surface area contributed by atoms with Crippen molar-refractivity contribution in [1.82, 2.24) is 4.98 Å². The lowest BCUT2D eigenvalue weighted by atomic mass is 10.1. The molecule has 0 bridgehead atoms. The maximum atomic E-state index is 8.77. The van der Waals surface area contributed by atoms with Gasteiger partial charge in [-0.15, -0.1) is 0 Å². The van der Waals surface area contributed by atoms with E-state index < -0.39 is 0 Å². The number of nitrogens with one attached hydrogen (secondary N) is 1. The normalized spacial score (nSPS) is 11.4. The summed E-state index contributed by atoms with van der Waals surface area (Å²) in [7, 11) is 1.59. The van der Waals surface area contributed by atoms with E-state index in [2.05, 4.69) is 23.3 Å². The lowest BCUT2D eigenvalue weighted by Crippen LogP contribution is -2.06. The third kappa shape index (κ3) is 3.23. The Bertz CT molecular complexity index is 587. The number of hydrogen-bond acceptors (Lipinski definition) is 4. The summed E-state index contributed by atoms with van der Waals surface area (Å²) in [6, 6.07) is 13.5. The van der Waals surface area contributed by atoms with Crippen molar-refractivity contribution >= 4 is 5.69 Å². The maximum absolute atomic E-state index is 8.77. The number of anilines is 1. The number of methoxy groups -OCH3 is 1. The van der Waals surface area contributed by atoms with E-state index in [4.69, 9.17) is 10.00 Å². The number of benzene rings is 1. The standard InChI is InChI=1S/C15H15N3O/c1-11(13-5-3-12(10-16)4-6-13)18-14-7-8-17-15(9-14)19-2/h3-9,11H,1-2H3,(H,17,18). The van der Waals surface area contributed by atoms with Gasteiger partial charge in [0.25, 0.3) is 0 Å². The predicted octanol–water partition coefficient (Wildman–Crippen LogP) is 3.13. The van der Waals surface area contributed by atoms with Gasteiger partial charge in [-0.2, -0.15) is 5.26 Å². The van der Waals surface area contributed by atoms with E-state index in [-0.39, 0.29) is 6.04 Å². The second-order valence-corrected chi connectivity index (χ2v) is 4.19. The maximum Gasteiger partial charge on any atom is 0.214 e. The van der Waals surface area contributed by atoms with Crippen molar-refractivity contribution in [2.45, 2.75) is 13.0 Å². The molecular weight excluding hydrogens is 238 g/mol. The van der Waals surface area contributed by atoms with Crippen LogP contribution in [0.1, 0.15) is 24.1 Å². The fraction of sp³-hybridized carbons (Fsp3) is 0.200. The van der Waals surface area contributed by atoms with Crippen LogP contribution >= 0.6 is 0 Å². The van der Waals surface area contributed by atoms with Gasteiger partial charge in [-0.05, 0) is 30.7 Å². The second-order valence-electron chi connectivity index (χ2n) is 4.19. The van der Waals surface area contributed by atoms with Gasteiger partial charge in [0.15, 0.2) is 0 Å². The summed E-state index contributed by atoms with van der Waals surface area (Å²) in [6.45, 7) is 2.06. The van der Waals surface area contributed by atoms with Crippen LogP contribution < -0.4 is 10.1 Å². The molecule has 0 fully saturated rings. The summed E-state index contributed by atoms with van der Waals surface area (Å²) in [4.78, 5) is 4.06. The molecule has 0 aliphatic carbocycles. The van der Waals surface area contributed by atoms with Crippen molar-refractivity contribution in [1.29, 1.82) is 5.26 Å². The number of nitrogens with zero attached hydrogens (tertiary/aromatic N) is 2. The molecule has 4 heteroatoms. The molecule has 0 saturated carbocycles. The van der Waals surface area contributed by atoms with Gasteiger partial charge in [-0.25, -0.2) is 4.98 Å². The van der Waals surface area contributed by atoms with Gasteiger partial charge in [-0.3, -0.25) is 0 Å². The summed E-state index contributed by atoms with van der Waals surface area (Å²) in [6.07, 6.45) is 1.70. The molecular formula is C15H15N3O. The topological polar surface area (TPSA) is 57.9 Å². The number of hydrogen-bond donors (Lipinski definition) is 1. The highest BCUT2D eigenvalue weighted by Crippen LogP contribution is 2.21. The van der Waals surface area contributed by atoms with Gasteiger partial charge in [0, 0.05) is 24.0 Å². The SMILES string of the molecule is COc1cc(NC(C)c2ccc(C#N)cc2)ccn1. The van der Waals surface area contributed by atoms with Crippen LogP contribution in [0.4, 0.5) is 5.69 Å². The van der Waals surface area contributed by atoms with Gasteiger partial charge >= 0.3 is 0 Å². The lowest BCUT2D eigenvalue weighted by molar-refractivity contribution is 0.398. The monoisotopic (exact) mass is 253 g/mol. The van der Waals surface area contributed by atoms with E-state index in [1.165, 1.54) is 0 Å². The summed E-state index contributed by atoms with van der Waals surface area (Å²) in [5.74, 6) is 0.581. The third-order valence-electron chi connectivity index (χ3n) is 2.87. The molecule has 2 aromatic rings. The van der Waals surface area contributed by atoms with Crippen LogP contribution in [0.2, 0.25) is 0 Å². The Balaban J connectivity index is 2.11. The molecule has 1 atom stereocenters. The van der Waals surface area contributed by atoms with E-state index in [9.17, 15) is 0 Å². The van der Waals surface area contributed by atoms with Gasteiger partial charge in [0.1, 0.15) is 0 Å². The first-order valence-electron chi connectivity index (χ1n) is 5.99. The lowest BCUT2D eigenvalue weighted by Gasteiger charge is -2.16. The highest BCUT2D eigenvalue weighted by atomic mass is 16.5. The fourth-order valence-corrected chi connectivity index (χ4v) is 1.79. The Labute approximate surface area is 112 Å². The summed E-state index contributed by atoms with van der Waals surface area (Å²) in [5, 5.41) is 12.1. The van der Waals surface area contributed by atoms with Crippen molar-refractivity contribution < 1.29 is 4.74 Å². The van der Waals surface area contributed by atoms with Crippen molar-refractivity contribution in [3.63, 3.8) is 0 Å². The minimum Gasteiger partial charge on any atom is -0.481 e. The zero-order valence-electron chi connectivity index (χ0n) is 10.9. The summed E-state index contributed by atoms with van der Waals surface area (Å²) >= 11 is 0. The number of rotatable bonds is 4. The molecule has 0 aliphatic heterocycles. The van der Waals surface area contributed by atoms with Crippen molar-refractivity contribution in [2.75, 3.05) is 12.4 Å². The smallest absolute Gasteiger partial charge is 0.214 e. The van der Waals surface area contributed by atoms with Crippen LogP contribution in [0.15, 0.2) is 42.6 Å². The Morgan fingerprint density at radius 1 is 1.26 bits per heavy atom. The first-order chi connectivity index (χ1) is 9.22. The van der Waals surface area contributed by atoms with Gasteiger partial charge in [0.2, 0.25) is 5.88 Å². The molecule has 2 rings (SSSR count). The molecule has 0 spiro atoms. The van der Waals surface area contributed by atoms with E-state index in [1.807, 2.05) is 36.4 Å². The molecule has 19 heavy (non-hydrogen) atoms. The van der Waals surface area contributed by atoms with Crippen molar-refractivity contribution in [2.24, 2.45) is 0 Å². The molecule has 1 unspecified atom stereocenters. The van der Waals surface area contributed by atoms with Crippen LogP contribution in [0, 0.1) is 11.3 Å². The first kappa shape index (κ1) is 12.9. The highest BCUT2D eigenvalue weighted by Gasteiger charge is 2.06. The highest BCUT2D eigenvalue weighted by molar-refractivity contribution is 5.47. The number of ether oxygens (including phenoxy) is 1. The van der Waals surface area contributed by atoms with Crippen LogP contribution in [0.25, 0.3) is 0 Å². The van der Waals surface area contributed by atoms with Crippen LogP contribution in [0.3, 0.4) is 0 Å². The largest absolute Gasteiger partial charge is 0.481 e. The third-order valence-corrected chi connectivity index (χ3v) is 2.87. The summed E-state index contributed by atoms with van der Waals surface area (Å²) < 4.78 is 5.09. The molecule has 0 saturated heterocycles. The van der Waals surface area contributed by atoms with E-state index >= 15 is 0 Å². The van der Waals surface area contributed by atoms with Gasteiger partial charge in [-0.1, -0.05) is 12.1 Å². The van der Waals surface area contributed by atoms with E-state index in [0.717, 1.165) is 11.3 Å². The zero-order chi connectivity index (χ0) is 13.7. The van der Waals surface area contributed by atoms with Crippen molar-refractivity contribution in [3.8, 4) is 11.9 Å². The van der Waals surface area contributed by atoms with Crippen molar-refractivity contribution in [3.05, 3.63) is 53.7 Å². The van der Waals surface area contributed by atoms with Crippen LogP contribution in [-0.2, 0) is 0 Å². The molecule has 4 nitrogen and oxygen atoms in total. The molecule has 1 heterocycles. The van der Waals surface area contributed by atoms with Gasteiger partial charge < -0.3 is 10.1 Å². The first-order valence-corrected chi connectivity index (χ1v) is 5.99. The average Bonchev–Trinajstić information content (AvgIpc) is 2.47. The average molecular weight is 253 g/mol. The Kier molecular flexibility index (Phi) is 3.99. The molecule has 1 aromatic heterocycles. The van der Waals surface area contributed by atoms with E-state index in [0.29, 0.717) is 11.4 Å². The Morgan fingerprint density at radius 2 is 2.00 bits per heavy atom. The number of aromatic nitrogens is 1. The Morgan fingerprint density at radius 3 is 2.63 bits per heavy atom. The van der Waals surface area contributed by atoms with Gasteiger partial charge in [0.05, 0.1) is 18.7 Å². The fourth-order valence-electron chi connectivity index (χ4n) is 1.79. The minimum atomic E-state index is 0.139. The molecule has 96 valence electrons. The quantitative estimate of drug-likeness (QED) is 0.909. The van der Waals surface area contributed by atoms with Crippen LogP contribution in [0.5, 0.6) is 5.88 Å². The molecule has 0 radical (unpaired) electrons. The van der Waals surface area contributed by atoms with Crippen LogP contribution in [-0.4, -0.2) is 12.1 Å². The molecule has 1 aromatic carbocycles. The molecule has 0 amide bonds. The number of nitriles is 1. The molecule has 1 N–H and O–H groups in total. The zero-order valence-corrected chi connectivity index (χ0v) is 10.9.